The Hall–Kier alpha value is -2.10. The highest BCUT2D eigenvalue weighted by molar-refractivity contribution is 5.68. The van der Waals surface area contributed by atoms with Crippen LogP contribution in [-0.2, 0) is 4.79 Å². The number of aromatic nitrogens is 1. The number of hydrogen-bond acceptors (Lipinski definition) is 1. The zero-order valence-electron chi connectivity index (χ0n) is 9.08. The van der Waals surface area contributed by atoms with Crippen molar-refractivity contribution in [2.75, 3.05) is 0 Å². The van der Waals surface area contributed by atoms with Crippen molar-refractivity contribution in [1.82, 2.24) is 4.57 Å². The summed E-state index contributed by atoms with van der Waals surface area (Å²) in [5, 5.41) is 8.91. The average Bonchev–Trinajstić information content (AvgIpc) is 2.79. The van der Waals surface area contributed by atoms with E-state index in [9.17, 15) is 9.18 Å². The van der Waals surface area contributed by atoms with Crippen LogP contribution in [0.1, 0.15) is 18.0 Å². The van der Waals surface area contributed by atoms with E-state index < -0.39 is 5.97 Å². The lowest BCUT2D eigenvalue weighted by atomic mass is 10.0. The van der Waals surface area contributed by atoms with Crippen LogP contribution in [0, 0.1) is 5.82 Å². The van der Waals surface area contributed by atoms with Crippen LogP contribution >= 0.6 is 0 Å². The lowest BCUT2D eigenvalue weighted by Crippen LogP contribution is -2.13. The summed E-state index contributed by atoms with van der Waals surface area (Å²) >= 11 is 0. The molecule has 0 amide bonds. The van der Waals surface area contributed by atoms with Gasteiger partial charge in [-0.25, -0.2) is 4.39 Å². The van der Waals surface area contributed by atoms with Crippen LogP contribution in [0.4, 0.5) is 4.39 Å². The lowest BCUT2D eigenvalue weighted by Gasteiger charge is -2.17. The number of halogens is 1. The second-order valence-corrected chi connectivity index (χ2v) is 3.80. The summed E-state index contributed by atoms with van der Waals surface area (Å²) in [6.45, 7) is 0. The Balaban J connectivity index is 2.36. The molecule has 1 aromatic heterocycles. The number of nitrogens with zero attached hydrogens (tertiary/aromatic N) is 1. The van der Waals surface area contributed by atoms with Crippen molar-refractivity contribution in [1.29, 1.82) is 0 Å². The fourth-order valence-electron chi connectivity index (χ4n) is 1.83. The summed E-state index contributed by atoms with van der Waals surface area (Å²) in [4.78, 5) is 10.9. The number of carbonyl (C=O) groups is 1. The molecular formula is C13H12FNO2. The molecule has 17 heavy (non-hydrogen) atoms. The molecule has 0 radical (unpaired) electrons. The van der Waals surface area contributed by atoms with Crippen molar-refractivity contribution < 1.29 is 14.3 Å². The van der Waals surface area contributed by atoms with Gasteiger partial charge in [0.25, 0.3) is 0 Å². The van der Waals surface area contributed by atoms with Crippen molar-refractivity contribution >= 4 is 5.97 Å². The van der Waals surface area contributed by atoms with Crippen molar-refractivity contribution in [3.8, 4) is 0 Å². The molecule has 1 heterocycles. The van der Waals surface area contributed by atoms with E-state index in [2.05, 4.69) is 0 Å². The second kappa shape index (κ2) is 4.82. The van der Waals surface area contributed by atoms with Gasteiger partial charge < -0.3 is 9.67 Å². The first-order chi connectivity index (χ1) is 8.16. The van der Waals surface area contributed by atoms with Crippen LogP contribution in [-0.4, -0.2) is 15.6 Å². The summed E-state index contributed by atoms with van der Waals surface area (Å²) < 4.78 is 14.9. The highest BCUT2D eigenvalue weighted by Crippen LogP contribution is 2.22. The van der Waals surface area contributed by atoms with E-state index >= 15 is 0 Å². The molecular weight excluding hydrogens is 221 g/mol. The van der Waals surface area contributed by atoms with Crippen LogP contribution in [0.5, 0.6) is 0 Å². The van der Waals surface area contributed by atoms with Crippen molar-refractivity contribution in [2.24, 2.45) is 0 Å². The predicted octanol–water partition coefficient (Wildman–Crippen LogP) is 2.69. The van der Waals surface area contributed by atoms with Crippen LogP contribution in [0.15, 0.2) is 48.8 Å². The van der Waals surface area contributed by atoms with Crippen LogP contribution in [0.25, 0.3) is 0 Å². The minimum atomic E-state index is -0.909. The third-order valence-corrected chi connectivity index (χ3v) is 2.59. The van der Waals surface area contributed by atoms with E-state index in [4.69, 9.17) is 5.11 Å². The predicted molar refractivity (Wildman–Crippen MR) is 61.2 cm³/mol. The van der Waals surface area contributed by atoms with E-state index in [0.29, 0.717) is 5.56 Å². The number of carboxylic acids is 1. The molecule has 1 N–H and O–H groups in total. The first-order valence-corrected chi connectivity index (χ1v) is 5.26. The van der Waals surface area contributed by atoms with Gasteiger partial charge in [0.05, 0.1) is 12.5 Å². The molecule has 2 aromatic rings. The third kappa shape index (κ3) is 2.72. The Morgan fingerprint density at radius 2 is 2.00 bits per heavy atom. The van der Waals surface area contributed by atoms with Crippen molar-refractivity contribution in [2.45, 2.75) is 12.5 Å². The number of rotatable bonds is 4. The van der Waals surface area contributed by atoms with E-state index in [1.54, 1.807) is 29.1 Å². The summed E-state index contributed by atoms with van der Waals surface area (Å²) in [5.74, 6) is -1.27. The van der Waals surface area contributed by atoms with Gasteiger partial charge in [0.15, 0.2) is 0 Å². The minimum Gasteiger partial charge on any atom is -0.481 e. The minimum absolute atomic E-state index is 0.0713. The van der Waals surface area contributed by atoms with Gasteiger partial charge in [-0.15, -0.1) is 0 Å². The smallest absolute Gasteiger partial charge is 0.305 e. The van der Waals surface area contributed by atoms with Gasteiger partial charge in [0.2, 0.25) is 0 Å². The quantitative estimate of drug-likeness (QED) is 0.882. The molecule has 0 aliphatic carbocycles. The zero-order chi connectivity index (χ0) is 12.3. The van der Waals surface area contributed by atoms with Crippen LogP contribution < -0.4 is 0 Å². The fraction of sp³-hybridized carbons (Fsp3) is 0.154. The molecule has 1 atom stereocenters. The molecule has 1 aromatic carbocycles. The van der Waals surface area contributed by atoms with E-state index in [1.165, 1.54) is 12.1 Å². The van der Waals surface area contributed by atoms with Crippen molar-refractivity contribution in [3.63, 3.8) is 0 Å². The molecule has 0 spiro atoms. The Morgan fingerprint density at radius 1 is 1.29 bits per heavy atom. The van der Waals surface area contributed by atoms with Gasteiger partial charge in [-0.3, -0.25) is 4.79 Å². The maximum Gasteiger partial charge on any atom is 0.305 e. The molecule has 0 fully saturated rings. The molecule has 0 saturated carbocycles. The van der Waals surface area contributed by atoms with Gasteiger partial charge in [-0.1, -0.05) is 12.1 Å². The highest BCUT2D eigenvalue weighted by atomic mass is 19.1. The van der Waals surface area contributed by atoms with Gasteiger partial charge in [-0.2, -0.15) is 0 Å². The molecule has 4 heteroatoms. The Bertz CT molecular complexity index is 508. The summed E-state index contributed by atoms with van der Waals surface area (Å²) in [6, 6.07) is 9.28. The standard InChI is InChI=1S/C13H12FNO2/c14-11-5-3-4-10(8-11)12(9-13(16)17)15-6-1-2-7-15/h1-8,12H,9H2,(H,16,17)/t12-/m0/s1. The molecule has 0 saturated heterocycles. The topological polar surface area (TPSA) is 42.2 Å². The summed E-state index contributed by atoms with van der Waals surface area (Å²) in [5.41, 5.74) is 0.656. The van der Waals surface area contributed by atoms with Gasteiger partial charge in [0, 0.05) is 12.4 Å². The highest BCUT2D eigenvalue weighted by Gasteiger charge is 2.16. The second-order valence-electron chi connectivity index (χ2n) is 3.80. The van der Waals surface area contributed by atoms with E-state index in [1.807, 2.05) is 12.1 Å². The number of aliphatic carboxylic acids is 1. The van der Waals surface area contributed by atoms with Gasteiger partial charge >= 0.3 is 5.97 Å². The van der Waals surface area contributed by atoms with Crippen LogP contribution in [0.3, 0.4) is 0 Å². The summed E-state index contributed by atoms with van der Waals surface area (Å²) in [6.07, 6.45) is 3.48. The fourth-order valence-corrected chi connectivity index (χ4v) is 1.83. The molecule has 3 nitrogen and oxygen atoms in total. The van der Waals surface area contributed by atoms with E-state index in [0.717, 1.165) is 0 Å². The van der Waals surface area contributed by atoms with E-state index in [-0.39, 0.29) is 18.3 Å². The molecule has 2 rings (SSSR count). The Morgan fingerprint density at radius 3 is 2.59 bits per heavy atom. The number of hydrogen-bond donors (Lipinski definition) is 1. The first kappa shape index (κ1) is 11.4. The summed E-state index contributed by atoms with van der Waals surface area (Å²) in [7, 11) is 0. The Labute approximate surface area is 98.1 Å². The van der Waals surface area contributed by atoms with Crippen molar-refractivity contribution in [3.05, 3.63) is 60.2 Å². The van der Waals surface area contributed by atoms with Crippen LogP contribution in [0.2, 0.25) is 0 Å². The molecule has 0 unspecified atom stereocenters. The van der Waals surface area contributed by atoms with Gasteiger partial charge in [0.1, 0.15) is 5.82 Å². The maximum absolute atomic E-state index is 13.1. The molecule has 88 valence electrons. The number of carboxylic acid groups (broad SMARTS) is 1. The molecule has 0 aliphatic heterocycles. The molecule has 0 bridgehead atoms. The average molecular weight is 233 g/mol. The maximum atomic E-state index is 13.1. The first-order valence-electron chi connectivity index (χ1n) is 5.26. The Kier molecular flexibility index (Phi) is 3.23. The third-order valence-electron chi connectivity index (χ3n) is 2.59. The lowest BCUT2D eigenvalue weighted by molar-refractivity contribution is -0.137. The zero-order valence-corrected chi connectivity index (χ0v) is 9.08. The monoisotopic (exact) mass is 233 g/mol. The number of benzene rings is 1. The van der Waals surface area contributed by atoms with Gasteiger partial charge in [-0.05, 0) is 29.8 Å². The molecule has 0 aliphatic rings. The largest absolute Gasteiger partial charge is 0.481 e. The SMILES string of the molecule is O=C(O)C[C@@H](c1cccc(F)c1)n1cccc1. The normalized spacial score (nSPS) is 12.3.